The maximum atomic E-state index is 15.9. The summed E-state index contributed by atoms with van der Waals surface area (Å²) in [4.78, 5) is 9.79. The highest BCUT2D eigenvalue weighted by Crippen LogP contribution is 2.46. The van der Waals surface area contributed by atoms with Crippen molar-refractivity contribution in [3.63, 3.8) is 0 Å². The Morgan fingerprint density at radius 2 is 1.77 bits per heavy atom. The summed E-state index contributed by atoms with van der Waals surface area (Å²) in [5.41, 5.74) is 2.43. The van der Waals surface area contributed by atoms with Crippen LogP contribution in [0.5, 0.6) is 0 Å². The third kappa shape index (κ3) is 6.73. The summed E-state index contributed by atoms with van der Waals surface area (Å²) in [6.45, 7) is 17.3. The minimum absolute atomic E-state index is 0.118. The van der Waals surface area contributed by atoms with E-state index in [0.717, 1.165) is 28.6 Å². The van der Waals surface area contributed by atoms with Gasteiger partial charge in [-0.1, -0.05) is 45.0 Å². The molecule has 5 rings (SSSR count). The molecule has 230 valence electrons. The molecule has 0 spiro atoms. The van der Waals surface area contributed by atoms with Crippen molar-refractivity contribution >= 4 is 30.6 Å². The zero-order valence-corrected chi connectivity index (χ0v) is 28.4. The molecule has 0 unspecified atom stereocenters. The summed E-state index contributed by atoms with van der Waals surface area (Å²) in [6, 6.07) is 16.9. The Hall–Kier alpha value is -2.63. The molecule has 1 saturated carbocycles. The Morgan fingerprint density at radius 1 is 1.05 bits per heavy atom. The molecule has 0 aliphatic heterocycles. The van der Waals surface area contributed by atoms with Crippen LogP contribution in [0.15, 0.2) is 60.8 Å². The highest BCUT2D eigenvalue weighted by atomic mass is 32.2. The van der Waals surface area contributed by atoms with Gasteiger partial charge >= 0.3 is 0 Å². The lowest BCUT2D eigenvalue weighted by Crippen LogP contribution is -2.51. The van der Waals surface area contributed by atoms with Crippen molar-refractivity contribution in [3.05, 3.63) is 72.2 Å². The Labute approximate surface area is 259 Å². The molecular weight excluding hydrogens is 578 g/mol. The molecule has 1 fully saturated rings. The van der Waals surface area contributed by atoms with Gasteiger partial charge in [0.2, 0.25) is 0 Å². The molecule has 1 aliphatic carbocycles. The highest BCUT2D eigenvalue weighted by Gasteiger charge is 2.49. The topological polar surface area (TPSA) is 87.9 Å². The fourth-order valence-corrected chi connectivity index (χ4v) is 6.63. The number of hydrogen-bond acceptors (Lipinski definition) is 6. The molecule has 3 heterocycles. The van der Waals surface area contributed by atoms with Crippen LogP contribution in [0.25, 0.3) is 28.0 Å². The Kier molecular flexibility index (Phi) is 8.65. The number of benzene rings is 1. The van der Waals surface area contributed by atoms with Crippen LogP contribution in [0.4, 0.5) is 4.39 Å². The summed E-state index contributed by atoms with van der Waals surface area (Å²) in [5, 5.41) is 5.74. The molecule has 2 atom stereocenters. The first-order chi connectivity index (χ1) is 20.1. The van der Waals surface area contributed by atoms with Crippen molar-refractivity contribution in [3.8, 4) is 17.1 Å². The number of halogens is 1. The molecule has 1 aliphatic rings. The van der Waals surface area contributed by atoms with Gasteiger partial charge in [0.05, 0.1) is 35.4 Å². The predicted molar refractivity (Wildman–Crippen MR) is 176 cm³/mol. The van der Waals surface area contributed by atoms with E-state index in [4.69, 9.17) is 14.4 Å². The van der Waals surface area contributed by atoms with E-state index >= 15 is 4.39 Å². The number of alkyl halides is 1. The molecule has 0 saturated heterocycles. The standard InChI is InChI=1S/C33H44FN5O2SSi/c1-31(2,3)42(40)38-30(33(34)18-11-19-33)27-14-10-13-26(37-27)23-16-17-24-21-35-39(28(24)20-23)29-15-9-12-25(36-29)22-41-43(7,8)32(4,5)6/h9-10,12-17,20-21,30,38H,11,18-19,22H2,1-8H3/t30-,42-/m1/s1. The molecule has 0 amide bonds. The molecule has 3 aromatic heterocycles. The number of fused-ring (bicyclic) bond motifs is 1. The van der Waals surface area contributed by atoms with Crippen LogP contribution in [0, 0.1) is 0 Å². The van der Waals surface area contributed by atoms with Gasteiger partial charge in [0.1, 0.15) is 16.5 Å². The van der Waals surface area contributed by atoms with Crippen LogP contribution >= 0.6 is 0 Å². The highest BCUT2D eigenvalue weighted by molar-refractivity contribution is 7.90. The number of aromatic nitrogens is 4. The van der Waals surface area contributed by atoms with Crippen molar-refractivity contribution in [2.24, 2.45) is 0 Å². The summed E-state index contributed by atoms with van der Waals surface area (Å²) < 4.78 is 39.7. The Balaban J connectivity index is 1.45. The largest absolute Gasteiger partial charge is 0.598 e. The smallest absolute Gasteiger partial charge is 0.192 e. The fourth-order valence-electron chi connectivity index (χ4n) is 4.79. The molecule has 0 radical (unpaired) electrons. The number of rotatable bonds is 9. The van der Waals surface area contributed by atoms with E-state index < -0.39 is 36.1 Å². The minimum Gasteiger partial charge on any atom is -0.598 e. The SMILES string of the molecule is CC(C)(C)[S@@+]([O-])N[C@H](c1cccc(-c2ccc3cnn(-c4cccc(CO[Si](C)(C)C(C)(C)C)n4)c3c2)n1)C1(F)CCC1. The lowest BCUT2D eigenvalue weighted by molar-refractivity contribution is 0.0262. The Bertz CT molecular complexity index is 1590. The minimum atomic E-state index is -1.92. The summed E-state index contributed by atoms with van der Waals surface area (Å²) >= 11 is -1.44. The first kappa shape index (κ1) is 31.8. The van der Waals surface area contributed by atoms with Crippen LogP contribution in [0.2, 0.25) is 18.1 Å². The van der Waals surface area contributed by atoms with Gasteiger partial charge < -0.3 is 8.98 Å². The molecule has 10 heteroatoms. The molecule has 1 aromatic carbocycles. The van der Waals surface area contributed by atoms with Gasteiger partial charge in [-0.25, -0.2) is 14.1 Å². The summed E-state index contributed by atoms with van der Waals surface area (Å²) in [7, 11) is -1.92. The van der Waals surface area contributed by atoms with Crippen LogP contribution < -0.4 is 4.72 Å². The number of nitrogens with zero attached hydrogens (tertiary/aromatic N) is 4. The van der Waals surface area contributed by atoms with Gasteiger partial charge in [0.25, 0.3) is 0 Å². The second-order valence-electron chi connectivity index (χ2n) is 14.1. The van der Waals surface area contributed by atoms with Crippen molar-refractivity contribution in [2.75, 3.05) is 0 Å². The fraction of sp³-hybridized carbons (Fsp3) is 0.485. The van der Waals surface area contributed by atoms with E-state index in [2.05, 4.69) is 43.7 Å². The van der Waals surface area contributed by atoms with Crippen molar-refractivity contribution in [2.45, 2.75) is 102 Å². The van der Waals surface area contributed by atoms with Crippen LogP contribution in [0.1, 0.15) is 78.2 Å². The lowest BCUT2D eigenvalue weighted by atomic mass is 9.75. The maximum Gasteiger partial charge on any atom is 0.192 e. The van der Waals surface area contributed by atoms with E-state index in [1.54, 1.807) is 0 Å². The zero-order chi connectivity index (χ0) is 31.2. The van der Waals surface area contributed by atoms with Gasteiger partial charge in [-0.15, -0.1) is 4.72 Å². The molecule has 4 aromatic rings. The van der Waals surface area contributed by atoms with Crippen LogP contribution in [0.3, 0.4) is 0 Å². The molecule has 43 heavy (non-hydrogen) atoms. The van der Waals surface area contributed by atoms with Gasteiger partial charge in [0, 0.05) is 22.3 Å². The van der Waals surface area contributed by atoms with Gasteiger partial charge in [-0.3, -0.25) is 4.98 Å². The number of pyridine rings is 2. The van der Waals surface area contributed by atoms with Gasteiger partial charge in [0.15, 0.2) is 14.1 Å². The van der Waals surface area contributed by atoms with Crippen LogP contribution in [-0.2, 0) is 22.4 Å². The van der Waals surface area contributed by atoms with Crippen molar-refractivity contribution in [1.29, 1.82) is 0 Å². The lowest BCUT2D eigenvalue weighted by Gasteiger charge is -2.41. The quantitative estimate of drug-likeness (QED) is 0.151. The Morgan fingerprint density at radius 3 is 2.42 bits per heavy atom. The van der Waals surface area contributed by atoms with Crippen molar-refractivity contribution < 1.29 is 13.4 Å². The van der Waals surface area contributed by atoms with Crippen molar-refractivity contribution in [1.82, 2.24) is 24.5 Å². The summed E-state index contributed by atoms with van der Waals surface area (Å²) in [5.74, 6) is 0.712. The normalized spacial score (nSPS) is 17.1. The first-order valence-corrected chi connectivity index (χ1v) is 19.1. The average Bonchev–Trinajstić information content (AvgIpc) is 3.36. The summed E-state index contributed by atoms with van der Waals surface area (Å²) in [6.07, 6.45) is 3.50. The molecule has 7 nitrogen and oxygen atoms in total. The van der Waals surface area contributed by atoms with Gasteiger partial charge in [-0.05, 0) is 88.5 Å². The van der Waals surface area contributed by atoms with Gasteiger partial charge in [-0.2, -0.15) is 5.10 Å². The number of hydrogen-bond donors (Lipinski definition) is 1. The first-order valence-electron chi connectivity index (χ1n) is 15.0. The average molecular weight is 622 g/mol. The van der Waals surface area contributed by atoms with E-state index in [9.17, 15) is 4.55 Å². The molecular formula is C33H44FN5O2SSi. The van der Waals surface area contributed by atoms with E-state index in [1.807, 2.05) is 86.2 Å². The number of nitrogens with one attached hydrogen (secondary N) is 1. The van der Waals surface area contributed by atoms with Crippen LogP contribution in [-0.4, -0.2) is 43.0 Å². The van der Waals surface area contributed by atoms with E-state index in [0.29, 0.717) is 36.7 Å². The predicted octanol–water partition coefficient (Wildman–Crippen LogP) is 7.99. The molecule has 1 N–H and O–H groups in total. The zero-order valence-electron chi connectivity index (χ0n) is 26.6. The van der Waals surface area contributed by atoms with E-state index in [-0.39, 0.29) is 5.04 Å². The third-order valence-corrected chi connectivity index (χ3v) is 14.9. The third-order valence-electron chi connectivity index (χ3n) is 8.81. The second kappa shape index (κ2) is 11.7. The molecule has 0 bridgehead atoms. The second-order valence-corrected chi connectivity index (χ2v) is 20.9. The monoisotopic (exact) mass is 621 g/mol. The maximum absolute atomic E-state index is 15.9. The van der Waals surface area contributed by atoms with E-state index in [1.165, 1.54) is 0 Å².